The maximum atomic E-state index is 13.2. The molecule has 0 atom stereocenters. The van der Waals surface area contributed by atoms with E-state index in [-0.39, 0.29) is 18.2 Å². The van der Waals surface area contributed by atoms with E-state index < -0.39 is 0 Å². The molecule has 24 heavy (non-hydrogen) atoms. The van der Waals surface area contributed by atoms with Crippen molar-refractivity contribution in [1.29, 1.82) is 0 Å². The van der Waals surface area contributed by atoms with Gasteiger partial charge in [0.25, 0.3) is 0 Å². The molecule has 3 rings (SSSR count). The quantitative estimate of drug-likeness (QED) is 0.722. The lowest BCUT2D eigenvalue weighted by Gasteiger charge is -2.08. The number of carbonyl (C=O) groups is 1. The van der Waals surface area contributed by atoms with Crippen molar-refractivity contribution in [2.24, 2.45) is 0 Å². The Balaban J connectivity index is 2.08. The third kappa shape index (κ3) is 3.35. The highest BCUT2D eigenvalue weighted by molar-refractivity contribution is 5.86. The van der Waals surface area contributed by atoms with Crippen molar-refractivity contribution in [1.82, 2.24) is 9.97 Å². The van der Waals surface area contributed by atoms with Crippen LogP contribution < -0.4 is 0 Å². The molecular formula is C19H17FN2O2. The largest absolute Gasteiger partial charge is 0.466 e. The lowest BCUT2D eigenvalue weighted by atomic mass is 9.97. The maximum Gasteiger partial charge on any atom is 0.310 e. The van der Waals surface area contributed by atoms with Gasteiger partial charge in [0.1, 0.15) is 5.82 Å². The highest BCUT2D eigenvalue weighted by Crippen LogP contribution is 2.34. The summed E-state index contributed by atoms with van der Waals surface area (Å²) < 4.78 is 18.3. The van der Waals surface area contributed by atoms with Crippen molar-refractivity contribution >= 4 is 5.97 Å². The van der Waals surface area contributed by atoms with Crippen LogP contribution in [0.3, 0.4) is 0 Å². The van der Waals surface area contributed by atoms with Gasteiger partial charge in [-0.05, 0) is 60.0 Å². The number of ether oxygens (including phenoxy) is 1. The molecule has 1 aromatic carbocycles. The van der Waals surface area contributed by atoms with E-state index in [1.54, 1.807) is 37.6 Å². The first-order chi connectivity index (χ1) is 11.7. The molecule has 0 bridgehead atoms. The molecule has 0 radical (unpaired) electrons. The van der Waals surface area contributed by atoms with Crippen LogP contribution in [-0.4, -0.2) is 22.5 Å². The molecule has 4 nitrogen and oxygen atoms in total. The van der Waals surface area contributed by atoms with Crippen molar-refractivity contribution in [2.75, 3.05) is 6.61 Å². The summed E-state index contributed by atoms with van der Waals surface area (Å²) in [6, 6.07) is 10.0. The molecule has 3 aromatic rings. The molecule has 1 N–H and O–H groups in total. The molecule has 0 saturated heterocycles. The van der Waals surface area contributed by atoms with Crippen molar-refractivity contribution in [2.45, 2.75) is 13.3 Å². The van der Waals surface area contributed by atoms with Crippen LogP contribution in [-0.2, 0) is 16.0 Å². The molecule has 0 fully saturated rings. The van der Waals surface area contributed by atoms with Gasteiger partial charge in [-0.1, -0.05) is 0 Å². The Morgan fingerprint density at radius 1 is 1.12 bits per heavy atom. The molecule has 0 aliphatic rings. The number of H-pyrrole nitrogens is 1. The number of hydrogen-bond acceptors (Lipinski definition) is 3. The highest BCUT2D eigenvalue weighted by Gasteiger charge is 2.17. The minimum atomic E-state index is -0.289. The van der Waals surface area contributed by atoms with Crippen molar-refractivity contribution < 1.29 is 13.9 Å². The Hall–Kier alpha value is -2.95. The fraction of sp³-hybridized carbons (Fsp3) is 0.158. The molecule has 0 amide bonds. The zero-order chi connectivity index (χ0) is 16.9. The molecule has 122 valence electrons. The third-order valence-electron chi connectivity index (χ3n) is 3.70. The van der Waals surface area contributed by atoms with Crippen LogP contribution in [0.15, 0.2) is 55.0 Å². The number of carbonyl (C=O) groups excluding carboxylic acids is 1. The number of nitrogens with zero attached hydrogens (tertiary/aromatic N) is 1. The fourth-order valence-electron chi connectivity index (χ4n) is 2.66. The monoisotopic (exact) mass is 324 g/mol. The van der Waals surface area contributed by atoms with Crippen LogP contribution in [0.2, 0.25) is 0 Å². The minimum absolute atomic E-state index is 0.170. The second kappa shape index (κ2) is 7.08. The van der Waals surface area contributed by atoms with E-state index in [9.17, 15) is 9.18 Å². The molecular weight excluding hydrogens is 307 g/mol. The summed E-state index contributed by atoms with van der Waals surface area (Å²) in [5.74, 6) is -0.569. The van der Waals surface area contributed by atoms with Crippen molar-refractivity contribution in [3.8, 4) is 22.4 Å². The molecule has 0 spiro atoms. The number of halogens is 1. The molecule has 2 heterocycles. The number of pyridine rings is 1. The molecule has 0 aliphatic heterocycles. The highest BCUT2D eigenvalue weighted by atomic mass is 19.1. The number of aromatic nitrogens is 2. The summed E-state index contributed by atoms with van der Waals surface area (Å²) in [5, 5.41) is 0. The zero-order valence-electron chi connectivity index (χ0n) is 13.3. The Labute approximate surface area is 139 Å². The standard InChI is InChI=1S/C19H17FN2O2/c1-2-24-17(23)11-15-12-22-19(14-3-5-16(20)6-4-14)18(15)13-7-9-21-10-8-13/h3-10,12,22H,2,11H2,1H3. The van der Waals surface area contributed by atoms with E-state index in [2.05, 4.69) is 9.97 Å². The van der Waals surface area contributed by atoms with Crippen LogP contribution >= 0.6 is 0 Å². The van der Waals surface area contributed by atoms with E-state index in [0.29, 0.717) is 6.61 Å². The van der Waals surface area contributed by atoms with Crippen molar-refractivity contribution in [3.05, 3.63) is 66.4 Å². The lowest BCUT2D eigenvalue weighted by molar-refractivity contribution is -0.142. The fourth-order valence-corrected chi connectivity index (χ4v) is 2.66. The van der Waals surface area contributed by atoms with Gasteiger partial charge in [0.05, 0.1) is 18.7 Å². The minimum Gasteiger partial charge on any atom is -0.466 e. The van der Waals surface area contributed by atoms with Gasteiger partial charge in [0.2, 0.25) is 0 Å². The average molecular weight is 324 g/mol. The Kier molecular flexibility index (Phi) is 4.70. The third-order valence-corrected chi connectivity index (χ3v) is 3.70. The second-order valence-electron chi connectivity index (χ2n) is 5.29. The van der Waals surface area contributed by atoms with Crippen LogP contribution in [0.5, 0.6) is 0 Å². The number of nitrogens with one attached hydrogen (secondary N) is 1. The Morgan fingerprint density at radius 3 is 2.50 bits per heavy atom. The van der Waals surface area contributed by atoms with Crippen molar-refractivity contribution in [3.63, 3.8) is 0 Å². The lowest BCUT2D eigenvalue weighted by Crippen LogP contribution is -2.07. The smallest absolute Gasteiger partial charge is 0.310 e. The summed E-state index contributed by atoms with van der Waals surface area (Å²) in [4.78, 5) is 19.1. The summed E-state index contributed by atoms with van der Waals surface area (Å²) in [7, 11) is 0. The number of benzene rings is 1. The average Bonchev–Trinajstić information content (AvgIpc) is 3.00. The van der Waals surface area contributed by atoms with Gasteiger partial charge >= 0.3 is 5.97 Å². The molecule has 2 aromatic heterocycles. The summed E-state index contributed by atoms with van der Waals surface area (Å²) in [6.07, 6.45) is 5.37. The topological polar surface area (TPSA) is 55.0 Å². The van der Waals surface area contributed by atoms with Crippen LogP contribution in [0.25, 0.3) is 22.4 Å². The van der Waals surface area contributed by atoms with Gasteiger partial charge in [-0.25, -0.2) is 4.39 Å². The van der Waals surface area contributed by atoms with E-state index in [1.165, 1.54) is 12.1 Å². The van der Waals surface area contributed by atoms with Gasteiger partial charge < -0.3 is 9.72 Å². The summed E-state index contributed by atoms with van der Waals surface area (Å²) in [6.45, 7) is 2.13. The first kappa shape index (κ1) is 15.9. The van der Waals surface area contributed by atoms with Gasteiger partial charge in [0.15, 0.2) is 0 Å². The number of rotatable bonds is 5. The molecule has 0 aliphatic carbocycles. The normalized spacial score (nSPS) is 10.6. The van der Waals surface area contributed by atoms with Gasteiger partial charge in [-0.15, -0.1) is 0 Å². The van der Waals surface area contributed by atoms with Crippen LogP contribution in [0, 0.1) is 5.82 Å². The Bertz CT molecular complexity index is 826. The SMILES string of the molecule is CCOC(=O)Cc1c[nH]c(-c2ccc(F)cc2)c1-c1ccncc1. The van der Waals surface area contributed by atoms with Crippen LogP contribution in [0.1, 0.15) is 12.5 Å². The Morgan fingerprint density at radius 2 is 1.83 bits per heavy atom. The first-order valence-corrected chi connectivity index (χ1v) is 7.71. The molecule has 5 heteroatoms. The van der Waals surface area contributed by atoms with E-state index in [4.69, 9.17) is 4.74 Å². The van der Waals surface area contributed by atoms with Gasteiger partial charge in [0, 0.05) is 24.2 Å². The number of hydrogen-bond donors (Lipinski definition) is 1. The van der Waals surface area contributed by atoms with Crippen LogP contribution in [0.4, 0.5) is 4.39 Å². The maximum absolute atomic E-state index is 13.2. The second-order valence-corrected chi connectivity index (χ2v) is 5.29. The first-order valence-electron chi connectivity index (χ1n) is 7.71. The van der Waals surface area contributed by atoms with E-state index in [0.717, 1.165) is 27.9 Å². The summed E-state index contributed by atoms with van der Waals surface area (Å²) in [5.41, 5.74) is 4.35. The number of aromatic amines is 1. The van der Waals surface area contributed by atoms with E-state index in [1.807, 2.05) is 12.1 Å². The summed E-state index contributed by atoms with van der Waals surface area (Å²) >= 11 is 0. The van der Waals surface area contributed by atoms with Gasteiger partial charge in [-0.2, -0.15) is 0 Å². The zero-order valence-corrected chi connectivity index (χ0v) is 13.3. The molecule has 0 saturated carbocycles. The predicted octanol–water partition coefficient (Wildman–Crippen LogP) is 3.99. The predicted molar refractivity (Wildman–Crippen MR) is 89.8 cm³/mol. The number of esters is 1. The van der Waals surface area contributed by atoms with E-state index >= 15 is 0 Å². The molecule has 0 unspecified atom stereocenters. The van der Waals surface area contributed by atoms with Gasteiger partial charge in [-0.3, -0.25) is 9.78 Å².